The molecule has 0 radical (unpaired) electrons. The van der Waals surface area contributed by atoms with Gasteiger partial charge in [-0.3, -0.25) is 4.90 Å². The average Bonchev–Trinajstić information content (AvgIpc) is 2.47. The highest BCUT2D eigenvalue weighted by Crippen LogP contribution is 2.46. The molecular weight excluding hydrogens is 264 g/mol. The summed E-state index contributed by atoms with van der Waals surface area (Å²) in [6, 6.07) is 0.525. The van der Waals surface area contributed by atoms with E-state index in [-0.39, 0.29) is 11.1 Å². The number of morpholine rings is 1. The molecule has 1 aliphatic carbocycles. The first-order chi connectivity index (χ1) is 10.1. The first-order valence-electron chi connectivity index (χ1n) is 8.71. The smallest absolute Gasteiger partial charge is 0.0685 e. The molecule has 0 aromatic rings. The van der Waals surface area contributed by atoms with Crippen LogP contribution in [0.15, 0.2) is 0 Å². The van der Waals surface area contributed by atoms with Crippen LogP contribution in [0.2, 0.25) is 0 Å². The molecule has 2 atom stereocenters. The Labute approximate surface area is 129 Å². The Kier molecular flexibility index (Phi) is 4.60. The van der Waals surface area contributed by atoms with E-state index in [2.05, 4.69) is 31.1 Å². The molecule has 0 bridgehead atoms. The molecule has 122 valence electrons. The minimum atomic E-state index is 0.172. The third-order valence-corrected chi connectivity index (χ3v) is 6.17. The molecule has 3 fully saturated rings. The van der Waals surface area contributed by atoms with E-state index in [1.54, 1.807) is 0 Å². The molecule has 2 saturated heterocycles. The Bertz CT molecular complexity index is 349. The average molecular weight is 296 g/mol. The number of rotatable bonds is 4. The van der Waals surface area contributed by atoms with E-state index < -0.39 is 0 Å². The summed E-state index contributed by atoms with van der Waals surface area (Å²) >= 11 is 0. The second-order valence-corrected chi connectivity index (χ2v) is 7.66. The van der Waals surface area contributed by atoms with E-state index in [0.29, 0.717) is 6.04 Å². The van der Waals surface area contributed by atoms with Gasteiger partial charge in [0.1, 0.15) is 0 Å². The molecule has 3 aliphatic rings. The summed E-state index contributed by atoms with van der Waals surface area (Å²) in [6.07, 6.45) is 6.34. The van der Waals surface area contributed by atoms with E-state index in [1.807, 2.05) is 0 Å². The van der Waals surface area contributed by atoms with Crippen molar-refractivity contribution in [3.05, 3.63) is 0 Å². The largest absolute Gasteiger partial charge is 0.379 e. The highest BCUT2D eigenvalue weighted by atomic mass is 16.5. The Balaban J connectivity index is 1.70. The highest BCUT2D eigenvalue weighted by Gasteiger charge is 2.48. The van der Waals surface area contributed by atoms with E-state index in [0.717, 1.165) is 38.8 Å². The molecule has 2 heterocycles. The number of ether oxygens (including phenoxy) is 2. The van der Waals surface area contributed by atoms with Crippen molar-refractivity contribution < 1.29 is 9.47 Å². The zero-order chi connectivity index (χ0) is 14.9. The van der Waals surface area contributed by atoms with Crippen molar-refractivity contribution in [1.29, 1.82) is 0 Å². The lowest BCUT2D eigenvalue weighted by molar-refractivity contribution is -0.153. The fourth-order valence-electron chi connectivity index (χ4n) is 4.77. The molecule has 1 spiro atoms. The van der Waals surface area contributed by atoms with Crippen LogP contribution in [0.3, 0.4) is 0 Å². The van der Waals surface area contributed by atoms with Crippen LogP contribution in [0.4, 0.5) is 0 Å². The molecule has 4 nitrogen and oxygen atoms in total. The van der Waals surface area contributed by atoms with Gasteiger partial charge >= 0.3 is 0 Å². The fraction of sp³-hybridized carbons (Fsp3) is 1.00. The predicted octanol–water partition coefficient (Wildman–Crippen LogP) is 2.03. The summed E-state index contributed by atoms with van der Waals surface area (Å²) < 4.78 is 11.7. The van der Waals surface area contributed by atoms with Gasteiger partial charge in [0.15, 0.2) is 0 Å². The summed E-state index contributed by atoms with van der Waals surface area (Å²) in [5, 5.41) is 3.66. The van der Waals surface area contributed by atoms with Crippen molar-refractivity contribution in [2.75, 3.05) is 40.0 Å². The van der Waals surface area contributed by atoms with Crippen molar-refractivity contribution in [3.63, 3.8) is 0 Å². The second-order valence-electron chi connectivity index (χ2n) is 7.66. The number of hydrogen-bond donors (Lipinski definition) is 1. The topological polar surface area (TPSA) is 33.7 Å². The van der Waals surface area contributed by atoms with Crippen molar-refractivity contribution in [1.82, 2.24) is 10.2 Å². The highest BCUT2D eigenvalue weighted by molar-refractivity contribution is 5.03. The van der Waals surface area contributed by atoms with Crippen molar-refractivity contribution >= 4 is 0 Å². The molecule has 2 aliphatic heterocycles. The van der Waals surface area contributed by atoms with Crippen LogP contribution >= 0.6 is 0 Å². The Hall–Kier alpha value is -0.160. The molecular formula is C17H32N2O2. The third kappa shape index (κ3) is 3.00. The van der Waals surface area contributed by atoms with Crippen molar-refractivity contribution in [2.24, 2.45) is 5.92 Å². The van der Waals surface area contributed by atoms with Crippen LogP contribution < -0.4 is 5.32 Å². The first-order valence-corrected chi connectivity index (χ1v) is 8.71. The van der Waals surface area contributed by atoms with Crippen molar-refractivity contribution in [2.45, 2.75) is 63.1 Å². The third-order valence-electron chi connectivity index (χ3n) is 6.17. The standard InChI is InChI=1S/C17H32N2O2/c1-16(2,19-8-11-20-12-9-19)15(18-3)14-5-10-21-17(13-14)6-4-7-17/h14-15,18H,4-13H2,1-3H3. The molecule has 2 unspecified atom stereocenters. The van der Waals surface area contributed by atoms with Gasteiger partial charge in [0, 0.05) is 31.3 Å². The summed E-state index contributed by atoms with van der Waals surface area (Å²) in [5.41, 5.74) is 0.407. The Morgan fingerprint density at radius 2 is 1.90 bits per heavy atom. The van der Waals surface area contributed by atoms with Gasteiger partial charge < -0.3 is 14.8 Å². The van der Waals surface area contributed by atoms with E-state index in [4.69, 9.17) is 9.47 Å². The molecule has 4 heteroatoms. The van der Waals surface area contributed by atoms with Gasteiger partial charge in [-0.05, 0) is 58.9 Å². The molecule has 21 heavy (non-hydrogen) atoms. The van der Waals surface area contributed by atoms with Crippen LogP contribution in [0.5, 0.6) is 0 Å². The molecule has 3 rings (SSSR count). The maximum atomic E-state index is 6.12. The van der Waals surface area contributed by atoms with Crippen LogP contribution in [0, 0.1) is 5.92 Å². The second kappa shape index (κ2) is 6.15. The van der Waals surface area contributed by atoms with Gasteiger partial charge in [0.2, 0.25) is 0 Å². The van der Waals surface area contributed by atoms with E-state index in [1.165, 1.54) is 32.1 Å². The number of likely N-dealkylation sites (N-methyl/N-ethyl adjacent to an activating group) is 1. The lowest BCUT2D eigenvalue weighted by atomic mass is 9.68. The van der Waals surface area contributed by atoms with Gasteiger partial charge in [0.05, 0.1) is 18.8 Å². The maximum absolute atomic E-state index is 6.12. The predicted molar refractivity (Wildman–Crippen MR) is 84.6 cm³/mol. The summed E-state index contributed by atoms with van der Waals surface area (Å²) in [5.74, 6) is 0.724. The van der Waals surface area contributed by atoms with Crippen LogP contribution in [-0.4, -0.2) is 62.0 Å². The number of nitrogens with one attached hydrogen (secondary N) is 1. The summed E-state index contributed by atoms with van der Waals surface area (Å²) in [6.45, 7) is 9.61. The van der Waals surface area contributed by atoms with E-state index >= 15 is 0 Å². The van der Waals surface area contributed by atoms with Crippen molar-refractivity contribution in [3.8, 4) is 0 Å². The molecule has 0 aromatic carbocycles. The number of hydrogen-bond acceptors (Lipinski definition) is 4. The van der Waals surface area contributed by atoms with Crippen LogP contribution in [0.1, 0.15) is 46.0 Å². The van der Waals surface area contributed by atoms with Crippen LogP contribution in [0.25, 0.3) is 0 Å². The monoisotopic (exact) mass is 296 g/mol. The van der Waals surface area contributed by atoms with Crippen LogP contribution in [-0.2, 0) is 9.47 Å². The lowest BCUT2D eigenvalue weighted by Crippen LogP contribution is -2.64. The molecule has 1 N–H and O–H groups in total. The summed E-state index contributed by atoms with van der Waals surface area (Å²) in [7, 11) is 2.13. The zero-order valence-corrected chi connectivity index (χ0v) is 14.0. The molecule has 1 saturated carbocycles. The fourth-order valence-corrected chi connectivity index (χ4v) is 4.77. The number of nitrogens with zero attached hydrogens (tertiary/aromatic N) is 1. The Morgan fingerprint density at radius 3 is 2.48 bits per heavy atom. The van der Waals surface area contributed by atoms with Gasteiger partial charge in [0.25, 0.3) is 0 Å². The Morgan fingerprint density at radius 1 is 1.19 bits per heavy atom. The minimum absolute atomic E-state index is 0.172. The molecule has 0 amide bonds. The first kappa shape index (κ1) is 15.7. The normalized spacial score (nSPS) is 31.9. The van der Waals surface area contributed by atoms with Gasteiger partial charge in [-0.15, -0.1) is 0 Å². The van der Waals surface area contributed by atoms with Gasteiger partial charge in [-0.1, -0.05) is 0 Å². The lowest BCUT2D eigenvalue weighted by Gasteiger charge is -2.53. The molecule has 0 aromatic heterocycles. The quantitative estimate of drug-likeness (QED) is 0.861. The zero-order valence-electron chi connectivity index (χ0n) is 14.0. The summed E-state index contributed by atoms with van der Waals surface area (Å²) in [4.78, 5) is 2.61. The van der Waals surface area contributed by atoms with E-state index in [9.17, 15) is 0 Å². The van der Waals surface area contributed by atoms with Gasteiger partial charge in [-0.25, -0.2) is 0 Å². The minimum Gasteiger partial charge on any atom is -0.379 e. The SMILES string of the molecule is CNC(C1CCOC2(CCC2)C1)C(C)(C)N1CCOCC1. The van der Waals surface area contributed by atoms with Gasteiger partial charge in [-0.2, -0.15) is 0 Å². The maximum Gasteiger partial charge on any atom is 0.0685 e.